The van der Waals surface area contributed by atoms with Crippen LogP contribution in [0.5, 0.6) is 0 Å². The van der Waals surface area contributed by atoms with Gasteiger partial charge < -0.3 is 4.74 Å². The summed E-state index contributed by atoms with van der Waals surface area (Å²) < 4.78 is 5.47. The summed E-state index contributed by atoms with van der Waals surface area (Å²) >= 11 is 0. The Hall–Kier alpha value is -0.790. The molecule has 3 unspecified atom stereocenters. The molecule has 0 N–H and O–H groups in total. The van der Waals surface area contributed by atoms with Gasteiger partial charge in [0.25, 0.3) is 0 Å². The molecule has 0 heterocycles. The molecule has 3 atom stereocenters. The van der Waals surface area contributed by atoms with Gasteiger partial charge in [-0.25, -0.2) is 4.79 Å². The summed E-state index contributed by atoms with van der Waals surface area (Å²) in [6, 6.07) is 0. The average molecular weight is 232 g/mol. The number of hydrogen-bond donors (Lipinski definition) is 0. The van der Waals surface area contributed by atoms with Crippen molar-refractivity contribution >= 4 is 5.97 Å². The third-order valence-corrected chi connectivity index (χ3v) is 6.26. The first-order valence-corrected chi connectivity index (χ1v) is 6.90. The van der Waals surface area contributed by atoms with E-state index in [-0.39, 0.29) is 5.97 Å². The van der Waals surface area contributed by atoms with Gasteiger partial charge >= 0.3 is 5.97 Å². The van der Waals surface area contributed by atoms with Gasteiger partial charge in [-0.3, -0.25) is 0 Å². The van der Waals surface area contributed by atoms with Crippen molar-refractivity contribution in [2.45, 2.75) is 39.0 Å². The van der Waals surface area contributed by atoms with E-state index in [0.717, 1.165) is 17.8 Å². The normalized spacial score (nSPS) is 52.4. The predicted molar refractivity (Wildman–Crippen MR) is 64.2 cm³/mol. The van der Waals surface area contributed by atoms with Crippen molar-refractivity contribution in [3.8, 4) is 0 Å². The molecule has 2 nitrogen and oxygen atoms in total. The van der Waals surface area contributed by atoms with Gasteiger partial charge in [-0.2, -0.15) is 0 Å². The maximum absolute atomic E-state index is 11.5. The molecule has 2 heteroatoms. The van der Waals surface area contributed by atoms with E-state index in [4.69, 9.17) is 4.74 Å². The Labute approximate surface area is 102 Å². The van der Waals surface area contributed by atoms with Crippen molar-refractivity contribution in [3.05, 3.63) is 12.2 Å². The molecule has 0 aromatic heterocycles. The molecular weight excluding hydrogens is 212 g/mol. The third kappa shape index (κ3) is 1.01. The lowest BCUT2D eigenvalue weighted by atomic mass is 9.44. The van der Waals surface area contributed by atoms with Crippen molar-refractivity contribution in [3.63, 3.8) is 0 Å². The fourth-order valence-corrected chi connectivity index (χ4v) is 5.67. The zero-order valence-corrected chi connectivity index (χ0v) is 10.5. The largest absolute Gasteiger partial charge is 0.462 e. The highest BCUT2D eigenvalue weighted by Crippen LogP contribution is 2.88. The second-order valence-electron chi connectivity index (χ2n) is 7.03. The van der Waals surface area contributed by atoms with Crippen molar-refractivity contribution in [2.24, 2.45) is 28.6 Å². The molecule has 0 amide bonds. The molecule has 0 saturated heterocycles. The number of rotatable bonds is 3. The van der Waals surface area contributed by atoms with Crippen molar-refractivity contribution in [2.75, 3.05) is 6.61 Å². The fourth-order valence-electron chi connectivity index (χ4n) is 5.67. The van der Waals surface area contributed by atoms with Crippen molar-refractivity contribution in [1.82, 2.24) is 0 Å². The summed E-state index contributed by atoms with van der Waals surface area (Å²) in [4.78, 5) is 11.5. The number of carbonyl (C=O) groups is 1. The molecule has 0 aromatic rings. The molecule has 6 rings (SSSR count). The number of ether oxygens (including phenoxy) is 1. The monoisotopic (exact) mass is 232 g/mol. The summed E-state index contributed by atoms with van der Waals surface area (Å²) in [6.45, 7) is 6.05. The Kier molecular flexibility index (Phi) is 1.66. The van der Waals surface area contributed by atoms with E-state index in [1.807, 2.05) is 0 Å². The molecule has 17 heavy (non-hydrogen) atoms. The molecule has 6 saturated carbocycles. The van der Waals surface area contributed by atoms with E-state index in [1.54, 1.807) is 6.92 Å². The van der Waals surface area contributed by atoms with Gasteiger partial charge in [0.1, 0.15) is 0 Å². The molecule has 6 aliphatic rings. The fraction of sp³-hybridized carbons (Fsp3) is 0.800. The van der Waals surface area contributed by atoms with Crippen LogP contribution in [0.3, 0.4) is 0 Å². The molecule has 1 spiro atoms. The van der Waals surface area contributed by atoms with Gasteiger partial charge in [-0.1, -0.05) is 6.58 Å². The quantitative estimate of drug-likeness (QED) is 0.552. The maximum atomic E-state index is 11.5. The van der Waals surface area contributed by atoms with Gasteiger partial charge in [0.2, 0.25) is 0 Å². The molecule has 0 aromatic carbocycles. The average Bonchev–Trinajstić information content (AvgIpc) is 3.00. The number of esters is 1. The Bertz CT molecular complexity index is 413. The topological polar surface area (TPSA) is 26.3 Å². The lowest BCUT2D eigenvalue weighted by Crippen LogP contribution is -2.54. The van der Waals surface area contributed by atoms with Crippen LogP contribution in [0, 0.1) is 28.6 Å². The molecule has 4 bridgehead atoms. The lowest BCUT2D eigenvalue weighted by molar-refractivity contribution is -0.154. The van der Waals surface area contributed by atoms with Crippen LogP contribution in [-0.4, -0.2) is 12.6 Å². The summed E-state index contributed by atoms with van der Waals surface area (Å²) in [7, 11) is 0. The van der Waals surface area contributed by atoms with Gasteiger partial charge in [0.15, 0.2) is 0 Å². The number of hydrogen-bond acceptors (Lipinski definition) is 2. The Balaban J connectivity index is 1.50. The minimum absolute atomic E-state index is 0.198. The molecule has 0 radical (unpaired) electrons. The van der Waals surface area contributed by atoms with E-state index >= 15 is 0 Å². The Morgan fingerprint density at radius 3 is 2.71 bits per heavy atom. The van der Waals surface area contributed by atoms with Crippen molar-refractivity contribution < 1.29 is 9.53 Å². The van der Waals surface area contributed by atoms with E-state index < -0.39 is 0 Å². The molecule has 6 fully saturated rings. The van der Waals surface area contributed by atoms with Crippen LogP contribution in [0.15, 0.2) is 12.2 Å². The van der Waals surface area contributed by atoms with Crippen molar-refractivity contribution in [1.29, 1.82) is 0 Å². The van der Waals surface area contributed by atoms with E-state index in [1.165, 1.54) is 32.1 Å². The van der Waals surface area contributed by atoms with Crippen LogP contribution in [0.1, 0.15) is 39.0 Å². The highest BCUT2D eigenvalue weighted by molar-refractivity contribution is 5.86. The van der Waals surface area contributed by atoms with E-state index in [0.29, 0.717) is 23.0 Å². The SMILES string of the molecule is C=C(C)C(=O)OCC12CC3CC4CC(C3)C41C2. The first kappa shape index (κ1) is 10.2. The molecule has 6 aliphatic carbocycles. The second-order valence-corrected chi connectivity index (χ2v) is 7.03. The summed E-state index contributed by atoms with van der Waals surface area (Å²) in [6.07, 6.45) is 7.06. The van der Waals surface area contributed by atoms with Crippen LogP contribution < -0.4 is 0 Å². The minimum atomic E-state index is -0.198. The lowest BCUT2D eigenvalue weighted by Gasteiger charge is -2.61. The molecular formula is C15H20O2. The van der Waals surface area contributed by atoms with E-state index in [2.05, 4.69) is 6.58 Å². The highest BCUT2D eigenvalue weighted by atomic mass is 16.5. The van der Waals surface area contributed by atoms with Crippen LogP contribution in [0.2, 0.25) is 0 Å². The smallest absolute Gasteiger partial charge is 0.333 e. The number of carbonyl (C=O) groups excluding carboxylic acids is 1. The van der Waals surface area contributed by atoms with Crippen LogP contribution in [0.4, 0.5) is 0 Å². The second kappa shape index (κ2) is 2.78. The van der Waals surface area contributed by atoms with Crippen LogP contribution in [-0.2, 0) is 9.53 Å². The molecule has 0 aliphatic heterocycles. The van der Waals surface area contributed by atoms with Gasteiger partial charge in [0, 0.05) is 11.0 Å². The third-order valence-electron chi connectivity index (χ3n) is 6.26. The Morgan fingerprint density at radius 2 is 2.06 bits per heavy atom. The standard InChI is InChI=1S/C15H20O2/c1-9(2)13(16)17-8-14-6-10-3-11-5-12(4-10)15(11,14)7-14/h10-12H,1,3-8H2,2H3. The van der Waals surface area contributed by atoms with Crippen LogP contribution >= 0.6 is 0 Å². The summed E-state index contributed by atoms with van der Waals surface area (Å²) in [5, 5.41) is 0. The zero-order chi connectivity index (χ0) is 11.8. The first-order chi connectivity index (χ1) is 8.07. The van der Waals surface area contributed by atoms with Gasteiger partial charge in [0.05, 0.1) is 6.61 Å². The zero-order valence-electron chi connectivity index (χ0n) is 10.5. The first-order valence-electron chi connectivity index (χ1n) is 6.90. The van der Waals surface area contributed by atoms with Gasteiger partial charge in [-0.05, 0) is 62.2 Å². The predicted octanol–water partition coefficient (Wildman–Crippen LogP) is 2.93. The van der Waals surface area contributed by atoms with Crippen LogP contribution in [0.25, 0.3) is 0 Å². The Morgan fingerprint density at radius 1 is 1.35 bits per heavy atom. The summed E-state index contributed by atoms with van der Waals surface area (Å²) in [5.74, 6) is 2.69. The molecule has 92 valence electrons. The van der Waals surface area contributed by atoms with Gasteiger partial charge in [-0.15, -0.1) is 0 Å². The minimum Gasteiger partial charge on any atom is -0.462 e. The maximum Gasteiger partial charge on any atom is 0.333 e. The highest BCUT2D eigenvalue weighted by Gasteiger charge is 2.82. The summed E-state index contributed by atoms with van der Waals surface area (Å²) in [5.41, 5.74) is 1.55. The van der Waals surface area contributed by atoms with E-state index in [9.17, 15) is 4.79 Å².